The van der Waals surface area contributed by atoms with Gasteiger partial charge in [0.1, 0.15) is 6.29 Å². The average Bonchev–Trinajstić information content (AvgIpc) is 2.25. The van der Waals surface area contributed by atoms with Gasteiger partial charge in [0, 0.05) is 26.5 Å². The first kappa shape index (κ1) is 15.6. The summed E-state index contributed by atoms with van der Waals surface area (Å²) >= 11 is 0. The summed E-state index contributed by atoms with van der Waals surface area (Å²) in [5, 5.41) is 9.61. The van der Waals surface area contributed by atoms with Crippen LogP contribution in [0.3, 0.4) is 0 Å². The van der Waals surface area contributed by atoms with E-state index in [2.05, 4.69) is 0 Å². The van der Waals surface area contributed by atoms with Gasteiger partial charge in [0.05, 0.1) is 5.41 Å². The number of hydrogen-bond donors (Lipinski definition) is 1. The highest BCUT2D eigenvalue weighted by Crippen LogP contribution is 2.22. The van der Waals surface area contributed by atoms with Crippen LogP contribution in [0.5, 0.6) is 0 Å². The van der Waals surface area contributed by atoms with Crippen molar-refractivity contribution in [2.24, 2.45) is 5.41 Å². The number of carbonyl (C=O) groups excluding carboxylic acids is 3. The monoisotopic (exact) mass is 245 g/mol. The van der Waals surface area contributed by atoms with Crippen molar-refractivity contribution in [3.63, 3.8) is 0 Å². The Kier molecular flexibility index (Phi) is 6.42. The largest absolute Gasteiger partial charge is 0.396 e. The molecule has 1 N–H and O–H groups in total. The number of aldehydes is 1. The summed E-state index contributed by atoms with van der Waals surface area (Å²) in [6.07, 6.45) is 0.986. The molecule has 0 saturated heterocycles. The normalized spacial score (nSPS) is 10.8. The molecule has 0 aromatic rings. The number of amides is 1. The quantitative estimate of drug-likeness (QED) is 0.537. The molecule has 98 valence electrons. The van der Waals surface area contributed by atoms with Crippen molar-refractivity contribution >= 4 is 18.2 Å². The highest BCUT2D eigenvalue weighted by Gasteiger charge is 2.31. The zero-order valence-corrected chi connectivity index (χ0v) is 10.4. The summed E-state index contributed by atoms with van der Waals surface area (Å²) in [5.74, 6) is -1.03. The molecule has 0 spiro atoms. The highest BCUT2D eigenvalue weighted by molar-refractivity contribution is 5.81. The number of rotatable bonds is 6. The third-order valence-corrected chi connectivity index (χ3v) is 2.34. The van der Waals surface area contributed by atoms with Gasteiger partial charge in [0.25, 0.3) is 5.91 Å². The summed E-state index contributed by atoms with van der Waals surface area (Å²) in [6, 6.07) is 0. The molecule has 0 aromatic carbocycles. The van der Waals surface area contributed by atoms with Crippen LogP contribution in [0, 0.1) is 5.41 Å². The minimum Gasteiger partial charge on any atom is -0.396 e. The first-order valence-electron chi connectivity index (χ1n) is 5.38. The Bertz CT molecular complexity index is 288. The smallest absolute Gasteiger partial charge is 0.338 e. The average molecular weight is 245 g/mol. The topological polar surface area (TPSA) is 83.9 Å². The van der Waals surface area contributed by atoms with E-state index in [9.17, 15) is 14.4 Å². The maximum atomic E-state index is 11.6. The summed E-state index contributed by atoms with van der Waals surface area (Å²) in [7, 11) is 1.32. The SMILES string of the molecule is CN(OC(=O)C(C)(C)CCO)C(=O)CCC=O. The Morgan fingerprint density at radius 1 is 1.41 bits per heavy atom. The van der Waals surface area contributed by atoms with Crippen LogP contribution in [0.1, 0.15) is 33.1 Å². The van der Waals surface area contributed by atoms with Crippen LogP contribution in [-0.4, -0.2) is 42.0 Å². The van der Waals surface area contributed by atoms with E-state index in [1.165, 1.54) is 7.05 Å². The lowest BCUT2D eigenvalue weighted by molar-refractivity contribution is -0.201. The van der Waals surface area contributed by atoms with Crippen molar-refractivity contribution in [2.75, 3.05) is 13.7 Å². The van der Waals surface area contributed by atoms with Gasteiger partial charge in [-0.3, -0.25) is 4.79 Å². The van der Waals surface area contributed by atoms with Crippen LogP contribution in [0.4, 0.5) is 0 Å². The second-order valence-electron chi connectivity index (χ2n) is 4.33. The first-order valence-corrected chi connectivity index (χ1v) is 5.38. The molecule has 0 aliphatic rings. The van der Waals surface area contributed by atoms with Gasteiger partial charge in [-0.25, -0.2) is 4.79 Å². The summed E-state index contributed by atoms with van der Waals surface area (Å²) in [4.78, 5) is 37.9. The van der Waals surface area contributed by atoms with Crippen LogP contribution in [0.25, 0.3) is 0 Å². The highest BCUT2D eigenvalue weighted by atomic mass is 16.7. The Morgan fingerprint density at radius 2 is 2.00 bits per heavy atom. The molecule has 0 unspecified atom stereocenters. The van der Waals surface area contributed by atoms with Gasteiger partial charge in [0.15, 0.2) is 0 Å². The molecule has 0 atom stereocenters. The third kappa shape index (κ3) is 5.44. The van der Waals surface area contributed by atoms with Gasteiger partial charge in [-0.15, -0.1) is 0 Å². The lowest BCUT2D eigenvalue weighted by Crippen LogP contribution is -2.36. The molecule has 0 bridgehead atoms. The maximum Gasteiger partial charge on any atom is 0.338 e. The molecule has 0 saturated carbocycles. The molecule has 1 amide bonds. The van der Waals surface area contributed by atoms with Gasteiger partial charge in [-0.1, -0.05) is 0 Å². The summed E-state index contributed by atoms with van der Waals surface area (Å²) in [6.45, 7) is 3.11. The Morgan fingerprint density at radius 3 is 2.47 bits per heavy atom. The fourth-order valence-electron chi connectivity index (χ4n) is 1.02. The van der Waals surface area contributed by atoms with E-state index in [1.54, 1.807) is 13.8 Å². The van der Waals surface area contributed by atoms with E-state index >= 15 is 0 Å². The Balaban J connectivity index is 4.28. The van der Waals surface area contributed by atoms with Crippen LogP contribution >= 0.6 is 0 Å². The van der Waals surface area contributed by atoms with Crippen molar-refractivity contribution in [2.45, 2.75) is 33.1 Å². The maximum absolute atomic E-state index is 11.6. The van der Waals surface area contributed by atoms with Gasteiger partial charge in [0.2, 0.25) is 0 Å². The zero-order chi connectivity index (χ0) is 13.5. The number of carbonyl (C=O) groups is 3. The zero-order valence-electron chi connectivity index (χ0n) is 10.4. The molecule has 0 rings (SSSR count). The molecule has 0 heterocycles. The van der Waals surface area contributed by atoms with E-state index < -0.39 is 17.3 Å². The Labute approximate surface area is 100 Å². The lowest BCUT2D eigenvalue weighted by atomic mass is 9.90. The molecule has 0 aliphatic carbocycles. The minimum absolute atomic E-state index is 0.00765. The van der Waals surface area contributed by atoms with Crippen LogP contribution in [-0.2, 0) is 19.2 Å². The van der Waals surface area contributed by atoms with Gasteiger partial charge in [-0.05, 0) is 20.3 Å². The van der Waals surface area contributed by atoms with Crippen molar-refractivity contribution < 1.29 is 24.3 Å². The van der Waals surface area contributed by atoms with Gasteiger partial charge in [-0.2, -0.15) is 5.06 Å². The molecule has 17 heavy (non-hydrogen) atoms. The van der Waals surface area contributed by atoms with Crippen molar-refractivity contribution in [1.82, 2.24) is 5.06 Å². The minimum atomic E-state index is -0.853. The van der Waals surface area contributed by atoms with Gasteiger partial charge < -0.3 is 14.7 Å². The molecule has 6 nitrogen and oxygen atoms in total. The lowest BCUT2D eigenvalue weighted by Gasteiger charge is -2.24. The number of hydroxylamine groups is 2. The van der Waals surface area contributed by atoms with Crippen LogP contribution < -0.4 is 0 Å². The number of aliphatic hydroxyl groups is 1. The predicted octanol–water partition coefficient (Wildman–Crippen LogP) is 0.291. The van der Waals surface area contributed by atoms with Crippen molar-refractivity contribution in [3.8, 4) is 0 Å². The molecular weight excluding hydrogens is 226 g/mol. The van der Waals surface area contributed by atoms with E-state index in [0.29, 0.717) is 6.29 Å². The van der Waals surface area contributed by atoms with Crippen LogP contribution in [0.15, 0.2) is 0 Å². The molecule has 0 aliphatic heterocycles. The second kappa shape index (κ2) is 7.01. The second-order valence-corrected chi connectivity index (χ2v) is 4.33. The fourth-order valence-corrected chi connectivity index (χ4v) is 1.02. The van der Waals surface area contributed by atoms with Crippen molar-refractivity contribution in [1.29, 1.82) is 0 Å². The fraction of sp³-hybridized carbons (Fsp3) is 0.727. The van der Waals surface area contributed by atoms with E-state index in [-0.39, 0.29) is 25.9 Å². The summed E-state index contributed by atoms with van der Waals surface area (Å²) in [5.41, 5.74) is -0.853. The number of nitrogens with zero attached hydrogens (tertiary/aromatic N) is 1. The molecule has 6 heteroatoms. The molecule has 0 aromatic heterocycles. The summed E-state index contributed by atoms with van der Waals surface area (Å²) < 4.78 is 0. The first-order chi connectivity index (χ1) is 7.85. The van der Waals surface area contributed by atoms with Crippen molar-refractivity contribution in [3.05, 3.63) is 0 Å². The molecule has 0 fully saturated rings. The van der Waals surface area contributed by atoms with Crippen LogP contribution in [0.2, 0.25) is 0 Å². The molecular formula is C11H19NO5. The van der Waals surface area contributed by atoms with E-state index in [1.807, 2.05) is 0 Å². The van der Waals surface area contributed by atoms with E-state index in [0.717, 1.165) is 5.06 Å². The standard InChI is InChI=1S/C11H19NO5/c1-11(2,6-8-14)10(16)17-12(3)9(15)5-4-7-13/h7,14H,4-6,8H2,1-3H3. The van der Waals surface area contributed by atoms with Gasteiger partial charge >= 0.3 is 5.97 Å². The molecule has 0 radical (unpaired) electrons. The number of aliphatic hydroxyl groups excluding tert-OH is 1. The number of hydrogen-bond acceptors (Lipinski definition) is 5. The van der Waals surface area contributed by atoms with E-state index in [4.69, 9.17) is 9.94 Å². The Hall–Kier alpha value is -1.43. The third-order valence-electron chi connectivity index (χ3n) is 2.34. The predicted molar refractivity (Wildman–Crippen MR) is 59.6 cm³/mol.